The average molecular weight is 302 g/mol. The van der Waals surface area contributed by atoms with E-state index in [1.54, 1.807) is 11.3 Å². The molecule has 19 heavy (non-hydrogen) atoms. The van der Waals surface area contributed by atoms with Crippen LogP contribution in [0.15, 0.2) is 0 Å². The Morgan fingerprint density at radius 3 is 2.84 bits per heavy atom. The fourth-order valence-corrected chi connectivity index (χ4v) is 3.35. The summed E-state index contributed by atoms with van der Waals surface area (Å²) in [4.78, 5) is 17.6. The maximum absolute atomic E-state index is 11.7. The van der Waals surface area contributed by atoms with Crippen molar-refractivity contribution >= 4 is 34.8 Å². The van der Waals surface area contributed by atoms with E-state index in [1.807, 2.05) is 0 Å². The van der Waals surface area contributed by atoms with Crippen molar-refractivity contribution in [2.24, 2.45) is 5.92 Å². The molecule has 6 heteroatoms. The number of hydrogen-bond donors (Lipinski definition) is 2. The predicted molar refractivity (Wildman–Crippen MR) is 80.2 cm³/mol. The molecule has 106 valence electrons. The maximum atomic E-state index is 11.7. The van der Waals surface area contributed by atoms with Crippen molar-refractivity contribution in [3.8, 4) is 0 Å². The van der Waals surface area contributed by atoms with Gasteiger partial charge in [0.05, 0.1) is 12.2 Å². The second-order valence-electron chi connectivity index (χ2n) is 5.22. The lowest BCUT2D eigenvalue weighted by Gasteiger charge is -2.06. The molecule has 0 aromatic carbocycles. The topological polar surface area (TPSA) is 54.0 Å². The summed E-state index contributed by atoms with van der Waals surface area (Å²) in [6, 6.07) is 0. The van der Waals surface area contributed by atoms with E-state index in [0.29, 0.717) is 6.54 Å². The van der Waals surface area contributed by atoms with Crippen LogP contribution in [0.4, 0.5) is 5.13 Å². The van der Waals surface area contributed by atoms with E-state index in [-0.39, 0.29) is 18.3 Å². The van der Waals surface area contributed by atoms with Crippen molar-refractivity contribution in [2.75, 3.05) is 18.4 Å². The van der Waals surface area contributed by atoms with E-state index in [2.05, 4.69) is 15.6 Å². The smallest absolute Gasteiger partial charge is 0.240 e. The van der Waals surface area contributed by atoms with Crippen LogP contribution in [0.3, 0.4) is 0 Å². The number of rotatable bonds is 5. The Labute approximate surface area is 123 Å². The summed E-state index contributed by atoms with van der Waals surface area (Å²) in [5.41, 5.74) is 1.20. The number of anilines is 1. The van der Waals surface area contributed by atoms with Crippen molar-refractivity contribution in [1.29, 1.82) is 0 Å². The SMILES string of the molecule is Cl.O=C(CNCC1CC1)Nc1nc2c(s1)CCCC2. The van der Waals surface area contributed by atoms with Gasteiger partial charge in [-0.15, -0.1) is 23.7 Å². The van der Waals surface area contributed by atoms with Crippen molar-refractivity contribution in [3.05, 3.63) is 10.6 Å². The molecule has 1 amide bonds. The van der Waals surface area contributed by atoms with Gasteiger partial charge in [-0.2, -0.15) is 0 Å². The van der Waals surface area contributed by atoms with Crippen LogP contribution in [0.25, 0.3) is 0 Å². The zero-order valence-electron chi connectivity index (χ0n) is 10.9. The number of halogens is 1. The lowest BCUT2D eigenvalue weighted by atomic mass is 10.0. The summed E-state index contributed by atoms with van der Waals surface area (Å²) < 4.78 is 0. The minimum atomic E-state index is 0. The van der Waals surface area contributed by atoms with Crippen LogP contribution in [0.2, 0.25) is 0 Å². The largest absolute Gasteiger partial charge is 0.308 e. The quantitative estimate of drug-likeness (QED) is 0.878. The Balaban J connectivity index is 0.00000133. The lowest BCUT2D eigenvalue weighted by molar-refractivity contribution is -0.115. The summed E-state index contributed by atoms with van der Waals surface area (Å²) in [7, 11) is 0. The van der Waals surface area contributed by atoms with Crippen LogP contribution in [0.5, 0.6) is 0 Å². The third kappa shape index (κ3) is 4.16. The molecule has 0 bridgehead atoms. The molecule has 1 aromatic heterocycles. The summed E-state index contributed by atoms with van der Waals surface area (Å²) in [5.74, 6) is 0.840. The van der Waals surface area contributed by atoms with Gasteiger partial charge in [0.1, 0.15) is 0 Å². The summed E-state index contributed by atoms with van der Waals surface area (Å²) in [6.45, 7) is 1.38. The van der Waals surface area contributed by atoms with Gasteiger partial charge in [-0.25, -0.2) is 4.98 Å². The molecule has 3 rings (SSSR count). The molecular formula is C13H20ClN3OS. The molecule has 0 saturated heterocycles. The van der Waals surface area contributed by atoms with Crippen LogP contribution < -0.4 is 10.6 Å². The summed E-state index contributed by atoms with van der Waals surface area (Å²) in [6.07, 6.45) is 7.31. The summed E-state index contributed by atoms with van der Waals surface area (Å²) in [5, 5.41) is 6.87. The van der Waals surface area contributed by atoms with Crippen molar-refractivity contribution in [2.45, 2.75) is 38.5 Å². The zero-order valence-corrected chi connectivity index (χ0v) is 12.5. The third-order valence-electron chi connectivity index (χ3n) is 3.51. The lowest BCUT2D eigenvalue weighted by Crippen LogP contribution is -2.29. The molecule has 0 radical (unpaired) electrons. The number of nitrogens with one attached hydrogen (secondary N) is 2. The highest BCUT2D eigenvalue weighted by Gasteiger charge is 2.21. The van der Waals surface area contributed by atoms with E-state index in [1.165, 1.54) is 36.3 Å². The predicted octanol–water partition coefficient (Wildman–Crippen LogP) is 2.38. The molecular weight excluding hydrogens is 282 g/mol. The Morgan fingerprint density at radius 1 is 1.32 bits per heavy atom. The molecule has 1 heterocycles. The highest BCUT2D eigenvalue weighted by molar-refractivity contribution is 7.15. The van der Waals surface area contributed by atoms with Crippen LogP contribution >= 0.6 is 23.7 Å². The first-order valence-electron chi connectivity index (χ1n) is 6.80. The Hall–Kier alpha value is -0.650. The van der Waals surface area contributed by atoms with Crippen LogP contribution in [-0.2, 0) is 17.6 Å². The average Bonchev–Trinajstić information content (AvgIpc) is 3.08. The number of aromatic nitrogens is 1. The Morgan fingerprint density at radius 2 is 2.11 bits per heavy atom. The van der Waals surface area contributed by atoms with E-state index in [4.69, 9.17) is 0 Å². The fraction of sp³-hybridized carbons (Fsp3) is 0.692. The van der Waals surface area contributed by atoms with Gasteiger partial charge in [0.25, 0.3) is 0 Å². The minimum Gasteiger partial charge on any atom is -0.308 e. The molecule has 0 atom stereocenters. The third-order valence-corrected chi connectivity index (χ3v) is 4.58. The number of fused-ring (bicyclic) bond motifs is 1. The van der Waals surface area contributed by atoms with Gasteiger partial charge in [0.2, 0.25) is 5.91 Å². The second kappa shape index (κ2) is 6.68. The van der Waals surface area contributed by atoms with E-state index < -0.39 is 0 Å². The Bertz CT molecular complexity index is 422. The van der Waals surface area contributed by atoms with Gasteiger partial charge in [-0.3, -0.25) is 4.79 Å². The number of hydrogen-bond acceptors (Lipinski definition) is 4. The Kier molecular flexibility index (Phi) is 5.19. The highest BCUT2D eigenvalue weighted by Crippen LogP contribution is 2.29. The zero-order chi connectivity index (χ0) is 12.4. The fourth-order valence-electron chi connectivity index (χ4n) is 2.28. The molecule has 4 nitrogen and oxygen atoms in total. The molecule has 1 saturated carbocycles. The summed E-state index contributed by atoms with van der Waals surface area (Å²) >= 11 is 1.64. The minimum absolute atomic E-state index is 0. The number of carbonyl (C=O) groups is 1. The van der Waals surface area contributed by atoms with Gasteiger partial charge in [0, 0.05) is 4.88 Å². The molecule has 1 fully saturated rings. The van der Waals surface area contributed by atoms with E-state index in [0.717, 1.165) is 30.4 Å². The first-order valence-corrected chi connectivity index (χ1v) is 7.62. The van der Waals surface area contributed by atoms with E-state index >= 15 is 0 Å². The van der Waals surface area contributed by atoms with Crippen molar-refractivity contribution in [1.82, 2.24) is 10.3 Å². The van der Waals surface area contributed by atoms with Gasteiger partial charge in [0.15, 0.2) is 5.13 Å². The second-order valence-corrected chi connectivity index (χ2v) is 6.30. The van der Waals surface area contributed by atoms with Crippen molar-refractivity contribution in [3.63, 3.8) is 0 Å². The standard InChI is InChI=1S/C13H19N3OS.ClH/c17-12(8-14-7-9-5-6-9)16-13-15-10-3-1-2-4-11(10)18-13;/h9,14H,1-8H2,(H,15,16,17);1H. The van der Waals surface area contributed by atoms with Gasteiger partial charge in [-0.1, -0.05) is 0 Å². The molecule has 0 aliphatic heterocycles. The van der Waals surface area contributed by atoms with E-state index in [9.17, 15) is 4.79 Å². The van der Waals surface area contributed by atoms with Gasteiger partial charge in [-0.05, 0) is 51.0 Å². The number of amides is 1. The van der Waals surface area contributed by atoms with Gasteiger partial charge < -0.3 is 10.6 Å². The molecule has 1 aromatic rings. The number of thiazole rings is 1. The molecule has 2 aliphatic carbocycles. The number of aryl methyl sites for hydroxylation is 2. The number of carbonyl (C=O) groups excluding carboxylic acids is 1. The monoisotopic (exact) mass is 301 g/mol. The van der Waals surface area contributed by atoms with Crippen LogP contribution in [0, 0.1) is 5.92 Å². The molecule has 0 spiro atoms. The first-order chi connectivity index (χ1) is 8.81. The number of nitrogens with zero attached hydrogens (tertiary/aromatic N) is 1. The molecule has 2 aliphatic rings. The highest BCUT2D eigenvalue weighted by atomic mass is 35.5. The van der Waals surface area contributed by atoms with Crippen LogP contribution in [-0.4, -0.2) is 24.0 Å². The van der Waals surface area contributed by atoms with Gasteiger partial charge >= 0.3 is 0 Å². The maximum Gasteiger partial charge on any atom is 0.240 e. The van der Waals surface area contributed by atoms with Crippen LogP contribution in [0.1, 0.15) is 36.3 Å². The van der Waals surface area contributed by atoms with Crippen molar-refractivity contribution < 1.29 is 4.79 Å². The normalized spacial score (nSPS) is 17.5. The first kappa shape index (κ1) is 14.8. The molecule has 0 unspecified atom stereocenters. The molecule has 2 N–H and O–H groups in total.